The summed E-state index contributed by atoms with van der Waals surface area (Å²) in [4.78, 5) is 28.9. The predicted octanol–water partition coefficient (Wildman–Crippen LogP) is 2.13. The fourth-order valence-electron chi connectivity index (χ4n) is 6.17. The Balaban J connectivity index is 1.20. The van der Waals surface area contributed by atoms with Gasteiger partial charge in [0.2, 0.25) is 5.95 Å². The Hall–Kier alpha value is -3.20. The molecule has 2 atom stereocenters. The predicted molar refractivity (Wildman–Crippen MR) is 121 cm³/mol. The van der Waals surface area contributed by atoms with Crippen LogP contribution in [0.2, 0.25) is 0 Å². The van der Waals surface area contributed by atoms with Crippen LogP contribution in [-0.4, -0.2) is 57.1 Å². The molecular weight excluding hydrogens is 404 g/mol. The molecule has 1 saturated carbocycles. The van der Waals surface area contributed by atoms with Gasteiger partial charge in [0, 0.05) is 43.3 Å². The minimum atomic E-state index is -0.0690. The third-order valence-electron chi connectivity index (χ3n) is 7.74. The molecular formula is C23H26N8O. The lowest BCUT2D eigenvalue weighted by Crippen LogP contribution is -2.50. The highest BCUT2D eigenvalue weighted by Crippen LogP contribution is 2.41. The maximum absolute atomic E-state index is 12.5. The number of anilines is 3. The van der Waals surface area contributed by atoms with Crippen LogP contribution in [-0.2, 0) is 5.54 Å². The van der Waals surface area contributed by atoms with Gasteiger partial charge in [0.15, 0.2) is 0 Å². The van der Waals surface area contributed by atoms with Crippen molar-refractivity contribution in [3.63, 3.8) is 0 Å². The number of carbonyl (C=O) groups excluding carboxylic acids is 1. The van der Waals surface area contributed by atoms with E-state index in [0.29, 0.717) is 36.1 Å². The van der Waals surface area contributed by atoms with Crippen LogP contribution in [0.25, 0.3) is 11.0 Å². The van der Waals surface area contributed by atoms with E-state index in [-0.39, 0.29) is 11.4 Å². The Bertz CT molecular complexity index is 1210. The van der Waals surface area contributed by atoms with Crippen molar-refractivity contribution in [1.82, 2.24) is 30.2 Å². The molecule has 2 saturated heterocycles. The van der Waals surface area contributed by atoms with Gasteiger partial charge < -0.3 is 25.4 Å². The molecule has 4 aliphatic rings. The second-order valence-electron chi connectivity index (χ2n) is 9.63. The third kappa shape index (κ3) is 2.67. The molecule has 164 valence electrons. The number of piperazine rings is 1. The number of aromatic nitrogens is 4. The summed E-state index contributed by atoms with van der Waals surface area (Å²) < 4.78 is 2.17. The monoisotopic (exact) mass is 430 g/mol. The highest BCUT2D eigenvalue weighted by Gasteiger charge is 2.43. The van der Waals surface area contributed by atoms with Gasteiger partial charge in [-0.05, 0) is 37.5 Å². The summed E-state index contributed by atoms with van der Waals surface area (Å²) >= 11 is 0. The second-order valence-corrected chi connectivity index (χ2v) is 9.63. The average molecular weight is 431 g/mol. The number of nitrogens with zero attached hydrogens (tertiary/aromatic N) is 5. The lowest BCUT2D eigenvalue weighted by Gasteiger charge is -2.37. The van der Waals surface area contributed by atoms with Crippen molar-refractivity contribution in [3.05, 3.63) is 36.3 Å². The number of pyridine rings is 1. The average Bonchev–Trinajstić information content (AvgIpc) is 3.60. The van der Waals surface area contributed by atoms with Gasteiger partial charge in [0.25, 0.3) is 5.91 Å². The maximum atomic E-state index is 12.5. The number of hydrogen-bond donors (Lipinski definition) is 3. The van der Waals surface area contributed by atoms with Crippen LogP contribution in [0.5, 0.6) is 0 Å². The summed E-state index contributed by atoms with van der Waals surface area (Å²) in [7, 11) is 0. The minimum absolute atomic E-state index is 0.0295. The van der Waals surface area contributed by atoms with E-state index in [0.717, 1.165) is 42.7 Å². The van der Waals surface area contributed by atoms with Crippen molar-refractivity contribution >= 4 is 34.4 Å². The molecule has 0 radical (unpaired) electrons. The Morgan fingerprint density at radius 3 is 2.81 bits per heavy atom. The van der Waals surface area contributed by atoms with Gasteiger partial charge in [-0.25, -0.2) is 9.97 Å². The van der Waals surface area contributed by atoms with Crippen LogP contribution >= 0.6 is 0 Å². The molecule has 3 aromatic heterocycles. The van der Waals surface area contributed by atoms with Crippen LogP contribution in [0.1, 0.15) is 42.6 Å². The maximum Gasteiger partial charge on any atom is 0.268 e. The summed E-state index contributed by atoms with van der Waals surface area (Å²) in [5, 5.41) is 10.8. The van der Waals surface area contributed by atoms with Crippen LogP contribution in [0, 0.1) is 0 Å². The molecule has 1 spiro atoms. The highest BCUT2D eigenvalue weighted by molar-refractivity contribution is 5.99. The summed E-state index contributed by atoms with van der Waals surface area (Å²) in [6.07, 6.45) is 9.43. The quantitative estimate of drug-likeness (QED) is 0.585. The van der Waals surface area contributed by atoms with Gasteiger partial charge in [-0.3, -0.25) is 4.79 Å². The number of nitrogens with one attached hydrogen (secondary N) is 3. The number of amides is 1. The molecule has 3 N–H and O–H groups in total. The van der Waals surface area contributed by atoms with E-state index in [1.165, 1.54) is 19.3 Å². The first-order chi connectivity index (χ1) is 15.7. The van der Waals surface area contributed by atoms with Gasteiger partial charge in [0.1, 0.15) is 17.2 Å². The molecule has 1 aliphatic carbocycles. The van der Waals surface area contributed by atoms with Gasteiger partial charge in [-0.15, -0.1) is 0 Å². The largest absolute Gasteiger partial charge is 0.364 e. The van der Waals surface area contributed by atoms with Crippen LogP contribution in [0.3, 0.4) is 0 Å². The number of rotatable bonds is 3. The van der Waals surface area contributed by atoms with Crippen molar-refractivity contribution < 1.29 is 4.79 Å². The molecule has 2 bridgehead atoms. The SMILES string of the molecule is O=C1NCC2(CCCC2)n2c1cc1cnc(Nc3ccc(N4C[C@@H]5C[C@@H]4CN5)cn3)nc12. The van der Waals surface area contributed by atoms with Crippen molar-refractivity contribution in [2.24, 2.45) is 0 Å². The summed E-state index contributed by atoms with van der Waals surface area (Å²) in [5.41, 5.74) is 2.61. The van der Waals surface area contributed by atoms with Crippen molar-refractivity contribution in [1.29, 1.82) is 0 Å². The summed E-state index contributed by atoms with van der Waals surface area (Å²) in [6, 6.07) is 7.20. The van der Waals surface area contributed by atoms with E-state index in [1.807, 2.05) is 18.3 Å². The van der Waals surface area contributed by atoms with Crippen LogP contribution in [0.4, 0.5) is 17.5 Å². The molecule has 0 aromatic carbocycles. The number of hydrogen-bond acceptors (Lipinski definition) is 7. The molecule has 1 amide bonds. The molecule has 3 fully saturated rings. The van der Waals surface area contributed by atoms with Crippen molar-refractivity contribution in [3.8, 4) is 0 Å². The zero-order valence-electron chi connectivity index (χ0n) is 17.8. The molecule has 6 heterocycles. The first-order valence-corrected chi connectivity index (χ1v) is 11.6. The first kappa shape index (κ1) is 18.4. The molecule has 3 aromatic rings. The fraction of sp³-hybridized carbons (Fsp3) is 0.478. The number of fused-ring (bicyclic) bond motifs is 6. The number of carbonyl (C=O) groups is 1. The third-order valence-corrected chi connectivity index (χ3v) is 7.74. The van der Waals surface area contributed by atoms with Crippen LogP contribution < -0.4 is 20.9 Å². The normalized spacial score (nSPS) is 25.5. The fourth-order valence-corrected chi connectivity index (χ4v) is 6.17. The van der Waals surface area contributed by atoms with E-state index < -0.39 is 0 Å². The second kappa shape index (κ2) is 6.65. The Kier molecular flexibility index (Phi) is 3.82. The van der Waals surface area contributed by atoms with Crippen molar-refractivity contribution in [2.75, 3.05) is 29.9 Å². The van der Waals surface area contributed by atoms with Crippen molar-refractivity contribution in [2.45, 2.75) is 49.7 Å². The zero-order chi connectivity index (χ0) is 21.3. The van der Waals surface area contributed by atoms with Crippen LogP contribution in [0.15, 0.2) is 30.6 Å². The Morgan fingerprint density at radius 1 is 1.16 bits per heavy atom. The summed E-state index contributed by atoms with van der Waals surface area (Å²) in [5.74, 6) is 1.19. The van der Waals surface area contributed by atoms with E-state index in [9.17, 15) is 4.79 Å². The van der Waals surface area contributed by atoms with Gasteiger partial charge >= 0.3 is 0 Å². The standard InChI is InChI=1S/C23H26N8O/c32-21-18-7-14-9-26-22(29-20(14)31(18)23(13-27-21)5-1-2-6-23)28-19-4-3-16(10-25-19)30-12-15-8-17(30)11-24-15/h3-4,7,9-10,15,17,24H,1-2,5-6,8,11-13H2,(H,27,32)(H,25,26,28,29)/t15-,17+/m0/s1. The molecule has 0 unspecified atom stereocenters. The van der Waals surface area contributed by atoms with Gasteiger partial charge in [0.05, 0.1) is 17.4 Å². The topological polar surface area (TPSA) is 100 Å². The van der Waals surface area contributed by atoms with Gasteiger partial charge in [-0.1, -0.05) is 12.8 Å². The van der Waals surface area contributed by atoms with Gasteiger partial charge in [-0.2, -0.15) is 4.98 Å². The molecule has 3 aliphatic heterocycles. The van der Waals surface area contributed by atoms with E-state index in [4.69, 9.17) is 4.98 Å². The zero-order valence-corrected chi connectivity index (χ0v) is 17.8. The Labute approximate surface area is 185 Å². The minimum Gasteiger partial charge on any atom is -0.364 e. The van der Waals surface area contributed by atoms with E-state index >= 15 is 0 Å². The summed E-state index contributed by atoms with van der Waals surface area (Å²) in [6.45, 7) is 2.78. The molecule has 9 heteroatoms. The molecule has 32 heavy (non-hydrogen) atoms. The highest BCUT2D eigenvalue weighted by atomic mass is 16.2. The molecule has 7 rings (SSSR count). The van der Waals surface area contributed by atoms with E-state index in [1.54, 1.807) is 6.20 Å². The smallest absolute Gasteiger partial charge is 0.268 e. The first-order valence-electron chi connectivity index (χ1n) is 11.6. The molecule has 9 nitrogen and oxygen atoms in total. The Morgan fingerprint density at radius 2 is 2.06 bits per heavy atom. The lowest BCUT2D eigenvalue weighted by atomic mass is 9.94. The van der Waals surface area contributed by atoms with E-state index in [2.05, 4.69) is 41.5 Å². The lowest BCUT2D eigenvalue weighted by molar-refractivity contribution is 0.0876.